The average Bonchev–Trinajstić information content (AvgIpc) is 2.87. The van der Waals surface area contributed by atoms with Gasteiger partial charge in [0.25, 0.3) is 5.91 Å². The van der Waals surface area contributed by atoms with E-state index in [0.29, 0.717) is 18.5 Å². The zero-order valence-corrected chi connectivity index (χ0v) is 18.0. The monoisotopic (exact) mass is 428 g/mol. The maximum absolute atomic E-state index is 12.3. The molecule has 0 saturated carbocycles. The number of benzene rings is 3. The highest BCUT2D eigenvalue weighted by Crippen LogP contribution is 2.19. The smallest absolute Gasteiger partial charge is 0.269 e. The van der Waals surface area contributed by atoms with Gasteiger partial charge in [-0.3, -0.25) is 25.3 Å². The Kier molecular flexibility index (Phi) is 7.15. The first-order valence-corrected chi connectivity index (χ1v) is 11.0. The third-order valence-corrected chi connectivity index (χ3v) is 5.72. The molecule has 1 heterocycles. The molecule has 1 aliphatic rings. The topological polar surface area (TPSA) is 64.7 Å². The van der Waals surface area contributed by atoms with Crippen molar-refractivity contribution in [2.45, 2.75) is 6.42 Å². The lowest BCUT2D eigenvalue weighted by atomic mass is 10.0. The predicted molar refractivity (Wildman–Crippen MR) is 127 cm³/mol. The molecule has 0 aromatic heterocycles. The van der Waals surface area contributed by atoms with Gasteiger partial charge in [-0.15, -0.1) is 0 Å². The van der Waals surface area contributed by atoms with Crippen LogP contribution in [0.2, 0.25) is 0 Å². The second-order valence-electron chi connectivity index (χ2n) is 7.86. The molecule has 6 nitrogen and oxygen atoms in total. The minimum absolute atomic E-state index is 0.190. The standard InChI is InChI=1S/C26H28N4O2/c31-25(15-16-29-17-19-30(20-18-29)24-9-5-2-6-10-24)27-28-26(32)23-13-11-22(12-14-23)21-7-3-1-4-8-21/h1-14H,15-20H2,(H,27,31)(H,28,32). The predicted octanol–water partition coefficient (Wildman–Crippen LogP) is 3.33. The third kappa shape index (κ3) is 5.74. The van der Waals surface area contributed by atoms with Gasteiger partial charge < -0.3 is 4.90 Å². The summed E-state index contributed by atoms with van der Waals surface area (Å²) in [7, 11) is 0. The molecule has 3 aromatic carbocycles. The molecule has 0 spiro atoms. The van der Waals surface area contributed by atoms with Crippen molar-refractivity contribution in [2.75, 3.05) is 37.6 Å². The van der Waals surface area contributed by atoms with Gasteiger partial charge in [0.1, 0.15) is 0 Å². The summed E-state index contributed by atoms with van der Waals surface area (Å²) in [6, 6.07) is 27.7. The Morgan fingerprint density at radius 3 is 1.94 bits per heavy atom. The van der Waals surface area contributed by atoms with Crippen molar-refractivity contribution >= 4 is 17.5 Å². The number of piperazine rings is 1. The first-order valence-electron chi connectivity index (χ1n) is 11.0. The van der Waals surface area contributed by atoms with Crippen LogP contribution in [0.4, 0.5) is 5.69 Å². The zero-order chi connectivity index (χ0) is 22.2. The number of nitrogens with zero attached hydrogens (tertiary/aromatic N) is 2. The molecule has 0 atom stereocenters. The van der Waals surface area contributed by atoms with E-state index in [1.807, 2.05) is 48.5 Å². The highest BCUT2D eigenvalue weighted by molar-refractivity contribution is 5.95. The van der Waals surface area contributed by atoms with Crippen molar-refractivity contribution in [2.24, 2.45) is 0 Å². The van der Waals surface area contributed by atoms with Gasteiger partial charge in [-0.25, -0.2) is 0 Å². The fourth-order valence-electron chi connectivity index (χ4n) is 3.83. The van der Waals surface area contributed by atoms with Crippen LogP contribution in [0.5, 0.6) is 0 Å². The average molecular weight is 429 g/mol. The normalized spacial score (nSPS) is 14.1. The molecular formula is C26H28N4O2. The van der Waals surface area contributed by atoms with Crippen LogP contribution in [0.1, 0.15) is 16.8 Å². The number of nitrogens with one attached hydrogen (secondary N) is 2. The summed E-state index contributed by atoms with van der Waals surface area (Å²) in [6.07, 6.45) is 0.346. The minimum atomic E-state index is -0.325. The van der Waals surface area contributed by atoms with Gasteiger partial charge in [-0.2, -0.15) is 0 Å². The molecule has 3 aromatic rings. The molecule has 1 aliphatic heterocycles. The van der Waals surface area contributed by atoms with Crippen molar-refractivity contribution in [1.29, 1.82) is 0 Å². The number of carbonyl (C=O) groups excluding carboxylic acids is 2. The van der Waals surface area contributed by atoms with E-state index < -0.39 is 0 Å². The van der Waals surface area contributed by atoms with Crippen LogP contribution in [0, 0.1) is 0 Å². The fourth-order valence-corrected chi connectivity index (χ4v) is 3.83. The number of carbonyl (C=O) groups is 2. The summed E-state index contributed by atoms with van der Waals surface area (Å²) < 4.78 is 0. The summed E-state index contributed by atoms with van der Waals surface area (Å²) >= 11 is 0. The summed E-state index contributed by atoms with van der Waals surface area (Å²) in [5.41, 5.74) is 8.91. The van der Waals surface area contributed by atoms with E-state index in [4.69, 9.17) is 0 Å². The number of rotatable bonds is 6. The molecule has 1 saturated heterocycles. The van der Waals surface area contributed by atoms with E-state index in [-0.39, 0.29) is 11.8 Å². The Morgan fingerprint density at radius 2 is 1.28 bits per heavy atom. The van der Waals surface area contributed by atoms with E-state index in [1.165, 1.54) is 5.69 Å². The van der Waals surface area contributed by atoms with Crippen LogP contribution in [0.25, 0.3) is 11.1 Å². The molecule has 0 radical (unpaired) electrons. The number of hydrogen-bond acceptors (Lipinski definition) is 4. The Balaban J connectivity index is 1.17. The van der Waals surface area contributed by atoms with E-state index in [2.05, 4.69) is 44.9 Å². The molecular weight excluding hydrogens is 400 g/mol. The van der Waals surface area contributed by atoms with E-state index in [9.17, 15) is 9.59 Å². The lowest BCUT2D eigenvalue weighted by Gasteiger charge is -2.36. The molecule has 2 N–H and O–H groups in total. The number of para-hydroxylation sites is 1. The van der Waals surface area contributed by atoms with Crippen molar-refractivity contribution in [3.8, 4) is 11.1 Å². The number of hydrazine groups is 1. The van der Waals surface area contributed by atoms with Gasteiger partial charge in [0.05, 0.1) is 0 Å². The molecule has 0 unspecified atom stereocenters. The lowest BCUT2D eigenvalue weighted by molar-refractivity contribution is -0.122. The van der Waals surface area contributed by atoms with E-state index in [0.717, 1.165) is 37.3 Å². The van der Waals surface area contributed by atoms with Crippen LogP contribution in [0.3, 0.4) is 0 Å². The molecule has 164 valence electrons. The zero-order valence-electron chi connectivity index (χ0n) is 18.0. The Morgan fingerprint density at radius 1 is 0.688 bits per heavy atom. The van der Waals surface area contributed by atoms with Crippen molar-refractivity contribution in [3.63, 3.8) is 0 Å². The fraction of sp³-hybridized carbons (Fsp3) is 0.231. The first-order chi connectivity index (χ1) is 15.7. The first kappa shape index (κ1) is 21.6. The van der Waals surface area contributed by atoms with E-state index >= 15 is 0 Å². The number of amides is 2. The second kappa shape index (κ2) is 10.6. The molecule has 4 rings (SSSR count). The third-order valence-electron chi connectivity index (χ3n) is 5.72. The Hall–Kier alpha value is -3.64. The minimum Gasteiger partial charge on any atom is -0.369 e. The molecule has 6 heteroatoms. The molecule has 32 heavy (non-hydrogen) atoms. The van der Waals surface area contributed by atoms with Crippen molar-refractivity contribution in [1.82, 2.24) is 15.8 Å². The molecule has 1 fully saturated rings. The molecule has 0 bridgehead atoms. The quantitative estimate of drug-likeness (QED) is 0.591. The molecule has 2 amide bonds. The Bertz CT molecular complexity index is 1010. The van der Waals surface area contributed by atoms with Crippen LogP contribution >= 0.6 is 0 Å². The summed E-state index contributed by atoms with van der Waals surface area (Å²) in [5, 5.41) is 0. The second-order valence-corrected chi connectivity index (χ2v) is 7.86. The van der Waals surface area contributed by atoms with Crippen LogP contribution in [-0.4, -0.2) is 49.4 Å². The largest absolute Gasteiger partial charge is 0.369 e. The highest BCUT2D eigenvalue weighted by atomic mass is 16.2. The van der Waals surface area contributed by atoms with Gasteiger partial charge in [0, 0.05) is 50.4 Å². The van der Waals surface area contributed by atoms with Crippen LogP contribution < -0.4 is 15.8 Å². The van der Waals surface area contributed by atoms with Crippen molar-refractivity contribution < 1.29 is 9.59 Å². The number of hydrogen-bond donors (Lipinski definition) is 2. The van der Waals surface area contributed by atoms with Gasteiger partial charge in [0.2, 0.25) is 5.91 Å². The summed E-state index contributed by atoms with van der Waals surface area (Å²) in [6.45, 7) is 4.41. The van der Waals surface area contributed by atoms with Crippen LogP contribution in [0.15, 0.2) is 84.9 Å². The van der Waals surface area contributed by atoms with Gasteiger partial charge in [0.15, 0.2) is 0 Å². The van der Waals surface area contributed by atoms with Gasteiger partial charge >= 0.3 is 0 Å². The maximum atomic E-state index is 12.3. The lowest BCUT2D eigenvalue weighted by Crippen LogP contribution is -2.48. The van der Waals surface area contributed by atoms with Gasteiger partial charge in [-0.05, 0) is 35.4 Å². The Labute approximate surface area is 188 Å². The maximum Gasteiger partial charge on any atom is 0.269 e. The van der Waals surface area contributed by atoms with E-state index in [1.54, 1.807) is 12.1 Å². The van der Waals surface area contributed by atoms with Gasteiger partial charge in [-0.1, -0.05) is 60.7 Å². The van der Waals surface area contributed by atoms with Crippen molar-refractivity contribution in [3.05, 3.63) is 90.5 Å². The molecule has 0 aliphatic carbocycles. The van der Waals surface area contributed by atoms with Crippen LogP contribution in [-0.2, 0) is 4.79 Å². The summed E-state index contributed by atoms with van der Waals surface area (Å²) in [5.74, 6) is -0.515. The SMILES string of the molecule is O=C(CCN1CCN(c2ccccc2)CC1)NNC(=O)c1ccc(-c2ccccc2)cc1. The summed E-state index contributed by atoms with van der Waals surface area (Å²) in [4.78, 5) is 29.2. The number of anilines is 1. The highest BCUT2D eigenvalue weighted by Gasteiger charge is 2.17.